The van der Waals surface area contributed by atoms with Gasteiger partial charge in [0, 0.05) is 5.69 Å². The highest BCUT2D eigenvalue weighted by atomic mass is 16.4. The average molecular weight is 299 g/mol. The number of para-hydroxylation sites is 1. The molecule has 0 aliphatic carbocycles. The highest BCUT2D eigenvalue weighted by Crippen LogP contribution is 2.33. The molecule has 0 fully saturated rings. The van der Waals surface area contributed by atoms with Crippen LogP contribution >= 0.6 is 0 Å². The lowest BCUT2D eigenvalue weighted by molar-refractivity contribution is -0.159. The third-order valence-corrected chi connectivity index (χ3v) is 3.43. The van der Waals surface area contributed by atoms with Crippen molar-refractivity contribution in [3.8, 4) is 0 Å². The Kier molecular flexibility index (Phi) is 4.78. The van der Waals surface area contributed by atoms with Crippen LogP contribution in [0.4, 0.5) is 5.69 Å². The minimum atomic E-state index is -1.82. The third kappa shape index (κ3) is 3.85. The van der Waals surface area contributed by atoms with Crippen molar-refractivity contribution >= 4 is 17.6 Å². The number of hydrogen-bond acceptors (Lipinski definition) is 3. The predicted molar refractivity (Wildman–Crippen MR) is 83.0 cm³/mol. The molecule has 1 atom stereocenters. The molecule has 2 aromatic rings. The van der Waals surface area contributed by atoms with Crippen LogP contribution in [0.25, 0.3) is 0 Å². The zero-order valence-corrected chi connectivity index (χ0v) is 12.1. The first-order valence-electron chi connectivity index (χ1n) is 6.84. The van der Waals surface area contributed by atoms with Gasteiger partial charge in [-0.15, -0.1) is 0 Å². The number of benzene rings is 2. The molecule has 1 aliphatic heterocycles. The van der Waals surface area contributed by atoms with Gasteiger partial charge in [0.1, 0.15) is 0 Å². The van der Waals surface area contributed by atoms with Gasteiger partial charge in [0.2, 0.25) is 0 Å². The molecule has 0 spiro atoms. The van der Waals surface area contributed by atoms with Gasteiger partial charge in [-0.2, -0.15) is 0 Å². The number of nitrogens with one attached hydrogen (secondary N) is 1. The van der Waals surface area contributed by atoms with Crippen LogP contribution in [0, 0.1) is 6.92 Å². The summed E-state index contributed by atoms with van der Waals surface area (Å²) in [5, 5.41) is 18.4. The highest BCUT2D eigenvalue weighted by Gasteiger charge is 2.20. The number of anilines is 1. The Balaban J connectivity index is 0.000000254. The summed E-state index contributed by atoms with van der Waals surface area (Å²) in [5.41, 5.74) is 5.40. The lowest BCUT2D eigenvalue weighted by Gasteiger charge is -2.11. The topological polar surface area (TPSA) is 86.6 Å². The van der Waals surface area contributed by atoms with Crippen LogP contribution in [0.15, 0.2) is 48.5 Å². The van der Waals surface area contributed by atoms with Crippen LogP contribution in [-0.4, -0.2) is 22.2 Å². The van der Waals surface area contributed by atoms with Crippen LogP contribution in [0.1, 0.15) is 22.7 Å². The van der Waals surface area contributed by atoms with Gasteiger partial charge in [-0.3, -0.25) is 0 Å². The number of carbonyl (C=O) groups is 2. The second kappa shape index (κ2) is 6.76. The molecule has 0 aromatic heterocycles. The summed E-state index contributed by atoms with van der Waals surface area (Å²) in [5.74, 6) is -3.65. The molecule has 5 nitrogen and oxygen atoms in total. The number of carboxylic acids is 2. The van der Waals surface area contributed by atoms with Gasteiger partial charge in [-0.05, 0) is 30.5 Å². The largest absolute Gasteiger partial charge is 0.473 e. The number of aliphatic carboxylic acids is 2. The zero-order chi connectivity index (χ0) is 16.1. The number of hydrogen-bond donors (Lipinski definition) is 3. The van der Waals surface area contributed by atoms with Crippen LogP contribution < -0.4 is 5.32 Å². The molecule has 1 heterocycles. The molecule has 0 saturated heterocycles. The van der Waals surface area contributed by atoms with E-state index in [1.807, 2.05) is 0 Å². The van der Waals surface area contributed by atoms with Gasteiger partial charge in [0.15, 0.2) is 0 Å². The Morgan fingerprint density at radius 1 is 1.00 bits per heavy atom. The quantitative estimate of drug-likeness (QED) is 0.705. The summed E-state index contributed by atoms with van der Waals surface area (Å²) in [7, 11) is 0. The summed E-state index contributed by atoms with van der Waals surface area (Å²) in [6.45, 7) is 2.13. The molecule has 114 valence electrons. The average Bonchev–Trinajstić information content (AvgIpc) is 2.92. The van der Waals surface area contributed by atoms with Crippen molar-refractivity contribution in [1.29, 1.82) is 0 Å². The molecule has 3 N–H and O–H groups in total. The monoisotopic (exact) mass is 299 g/mol. The Morgan fingerprint density at radius 3 is 2.14 bits per heavy atom. The van der Waals surface area contributed by atoms with E-state index in [-0.39, 0.29) is 0 Å². The van der Waals surface area contributed by atoms with E-state index < -0.39 is 11.9 Å². The SMILES string of the molecule is Cc1ccc(C2Cc3ccccc3N2)cc1.O=C(O)C(=O)O. The molecule has 0 saturated carbocycles. The second-order valence-corrected chi connectivity index (χ2v) is 5.08. The lowest BCUT2D eigenvalue weighted by Crippen LogP contribution is -2.09. The van der Waals surface area contributed by atoms with Crippen LogP contribution in [0.5, 0.6) is 0 Å². The molecule has 1 aliphatic rings. The maximum Gasteiger partial charge on any atom is 0.414 e. The minimum Gasteiger partial charge on any atom is -0.473 e. The van der Waals surface area contributed by atoms with Crippen molar-refractivity contribution in [1.82, 2.24) is 0 Å². The van der Waals surface area contributed by atoms with Gasteiger partial charge in [-0.25, -0.2) is 9.59 Å². The van der Waals surface area contributed by atoms with E-state index in [4.69, 9.17) is 19.8 Å². The molecule has 22 heavy (non-hydrogen) atoms. The van der Waals surface area contributed by atoms with E-state index in [1.165, 1.54) is 22.4 Å². The number of fused-ring (bicyclic) bond motifs is 1. The summed E-state index contributed by atoms with van der Waals surface area (Å²) in [6, 6.07) is 17.8. The molecular weight excluding hydrogens is 282 g/mol. The molecule has 0 bridgehead atoms. The zero-order valence-electron chi connectivity index (χ0n) is 12.1. The summed E-state index contributed by atoms with van der Waals surface area (Å²) in [6.07, 6.45) is 1.10. The maximum absolute atomic E-state index is 9.10. The minimum absolute atomic E-state index is 0.443. The van der Waals surface area contributed by atoms with Crippen molar-refractivity contribution < 1.29 is 19.8 Å². The Bertz CT molecular complexity index is 642. The standard InChI is InChI=1S/C15H15N.C2H2O4/c1-11-6-8-12(9-7-11)15-10-13-4-2-3-5-14(13)16-15;3-1(4)2(5)6/h2-9,15-16H,10H2,1H3;(H,3,4)(H,5,6). The Labute approximate surface area is 128 Å². The predicted octanol–water partition coefficient (Wildman–Crippen LogP) is 2.86. The maximum atomic E-state index is 9.10. The fourth-order valence-corrected chi connectivity index (χ4v) is 2.30. The molecule has 1 unspecified atom stereocenters. The van der Waals surface area contributed by atoms with Crippen molar-refractivity contribution in [2.45, 2.75) is 19.4 Å². The molecule has 2 aromatic carbocycles. The van der Waals surface area contributed by atoms with E-state index in [1.54, 1.807) is 0 Å². The summed E-state index contributed by atoms with van der Waals surface area (Å²) in [4.78, 5) is 18.2. The van der Waals surface area contributed by atoms with E-state index >= 15 is 0 Å². The van der Waals surface area contributed by atoms with Crippen molar-refractivity contribution in [2.75, 3.05) is 5.32 Å². The highest BCUT2D eigenvalue weighted by molar-refractivity contribution is 6.27. The number of carboxylic acid groups (broad SMARTS) is 2. The van der Waals surface area contributed by atoms with E-state index in [0.29, 0.717) is 6.04 Å². The van der Waals surface area contributed by atoms with E-state index in [2.05, 4.69) is 60.8 Å². The Morgan fingerprint density at radius 2 is 1.59 bits per heavy atom. The second-order valence-electron chi connectivity index (χ2n) is 5.08. The fourth-order valence-electron chi connectivity index (χ4n) is 2.30. The van der Waals surface area contributed by atoms with Crippen LogP contribution in [0.3, 0.4) is 0 Å². The van der Waals surface area contributed by atoms with Gasteiger partial charge < -0.3 is 15.5 Å². The first kappa shape index (κ1) is 15.6. The molecular formula is C17H17NO4. The molecule has 0 radical (unpaired) electrons. The van der Waals surface area contributed by atoms with Crippen molar-refractivity contribution in [2.24, 2.45) is 0 Å². The number of rotatable bonds is 1. The van der Waals surface area contributed by atoms with Gasteiger partial charge in [0.05, 0.1) is 6.04 Å². The van der Waals surface area contributed by atoms with Crippen molar-refractivity contribution in [3.05, 3.63) is 65.2 Å². The first-order valence-corrected chi connectivity index (χ1v) is 6.84. The Hall–Kier alpha value is -2.82. The lowest BCUT2D eigenvalue weighted by atomic mass is 10.0. The van der Waals surface area contributed by atoms with Gasteiger partial charge in [0.25, 0.3) is 0 Å². The van der Waals surface area contributed by atoms with Crippen molar-refractivity contribution in [3.63, 3.8) is 0 Å². The van der Waals surface area contributed by atoms with Gasteiger partial charge >= 0.3 is 11.9 Å². The van der Waals surface area contributed by atoms with Crippen LogP contribution in [0.2, 0.25) is 0 Å². The molecule has 3 rings (SSSR count). The first-order chi connectivity index (χ1) is 10.5. The summed E-state index contributed by atoms with van der Waals surface area (Å²) < 4.78 is 0. The third-order valence-electron chi connectivity index (χ3n) is 3.43. The van der Waals surface area contributed by atoms with Crippen LogP contribution in [-0.2, 0) is 16.0 Å². The molecule has 0 amide bonds. The summed E-state index contributed by atoms with van der Waals surface area (Å²) >= 11 is 0. The van der Waals surface area contributed by atoms with Gasteiger partial charge in [-0.1, -0.05) is 48.0 Å². The normalized spacial score (nSPS) is 15.0. The number of aryl methyl sites for hydroxylation is 1. The smallest absolute Gasteiger partial charge is 0.414 e. The molecule has 5 heteroatoms. The van der Waals surface area contributed by atoms with E-state index in [0.717, 1.165) is 6.42 Å². The fraction of sp³-hybridized carbons (Fsp3) is 0.176. The van der Waals surface area contributed by atoms with E-state index in [9.17, 15) is 0 Å².